The first-order valence-corrected chi connectivity index (χ1v) is 6.89. The van der Waals surface area contributed by atoms with E-state index in [-0.39, 0.29) is 0 Å². The fourth-order valence-electron chi connectivity index (χ4n) is 1.80. The lowest BCUT2D eigenvalue weighted by molar-refractivity contribution is 0.398. The highest BCUT2D eigenvalue weighted by Crippen LogP contribution is 2.22. The Labute approximate surface area is 121 Å². The zero-order valence-electron chi connectivity index (χ0n) is 11.3. The SMILES string of the molecule is CCc1nn(C)c(CNc2ccc(OC)nc2)c1Br. The van der Waals surface area contributed by atoms with Gasteiger partial charge < -0.3 is 10.1 Å². The van der Waals surface area contributed by atoms with E-state index < -0.39 is 0 Å². The van der Waals surface area contributed by atoms with Crippen molar-refractivity contribution in [1.29, 1.82) is 0 Å². The first kappa shape index (κ1) is 13.9. The predicted molar refractivity (Wildman–Crippen MR) is 78.4 cm³/mol. The van der Waals surface area contributed by atoms with Crippen LogP contribution in [-0.2, 0) is 20.0 Å². The van der Waals surface area contributed by atoms with Gasteiger partial charge in [0.15, 0.2) is 0 Å². The van der Waals surface area contributed by atoms with Crippen LogP contribution in [-0.4, -0.2) is 21.9 Å². The molecular formula is C13H17BrN4O. The number of hydrogen-bond donors (Lipinski definition) is 1. The Balaban J connectivity index is 2.07. The third-order valence-electron chi connectivity index (χ3n) is 2.91. The van der Waals surface area contributed by atoms with Crippen LogP contribution in [0.5, 0.6) is 5.88 Å². The van der Waals surface area contributed by atoms with Gasteiger partial charge in [0.2, 0.25) is 5.88 Å². The maximum Gasteiger partial charge on any atom is 0.213 e. The van der Waals surface area contributed by atoms with E-state index in [4.69, 9.17) is 4.74 Å². The van der Waals surface area contributed by atoms with Crippen molar-refractivity contribution in [2.75, 3.05) is 12.4 Å². The van der Waals surface area contributed by atoms with Crippen LogP contribution in [0.25, 0.3) is 0 Å². The van der Waals surface area contributed by atoms with Gasteiger partial charge in [-0.25, -0.2) is 4.98 Å². The standard InChI is InChI=1S/C13H17BrN4O/c1-4-10-13(14)11(18(2)17-10)8-15-9-5-6-12(19-3)16-7-9/h5-7,15H,4,8H2,1-3H3. The Bertz CT molecular complexity index is 551. The lowest BCUT2D eigenvalue weighted by atomic mass is 10.3. The Hall–Kier alpha value is -1.56. The number of nitrogens with one attached hydrogen (secondary N) is 1. The molecule has 0 saturated heterocycles. The first-order chi connectivity index (χ1) is 9.15. The fourth-order valence-corrected chi connectivity index (χ4v) is 2.56. The summed E-state index contributed by atoms with van der Waals surface area (Å²) in [5, 5.41) is 7.78. The molecule has 0 saturated carbocycles. The number of methoxy groups -OCH3 is 1. The molecule has 0 aromatic carbocycles. The van der Waals surface area contributed by atoms with Crippen LogP contribution in [0.15, 0.2) is 22.8 Å². The Kier molecular flexibility index (Phi) is 4.42. The second-order valence-corrected chi connectivity index (χ2v) is 4.92. The van der Waals surface area contributed by atoms with Gasteiger partial charge in [0.05, 0.1) is 41.4 Å². The van der Waals surface area contributed by atoms with Crippen LogP contribution < -0.4 is 10.1 Å². The van der Waals surface area contributed by atoms with Crippen LogP contribution in [0.2, 0.25) is 0 Å². The average molecular weight is 325 g/mol. The maximum atomic E-state index is 5.03. The number of hydrogen-bond acceptors (Lipinski definition) is 4. The van der Waals surface area contributed by atoms with E-state index in [1.165, 1.54) is 0 Å². The van der Waals surface area contributed by atoms with E-state index in [1.807, 2.05) is 23.9 Å². The van der Waals surface area contributed by atoms with Crippen molar-refractivity contribution in [2.24, 2.45) is 7.05 Å². The second-order valence-electron chi connectivity index (χ2n) is 4.13. The predicted octanol–water partition coefficient (Wildman–Crippen LogP) is 2.76. The molecule has 1 N–H and O–H groups in total. The quantitative estimate of drug-likeness (QED) is 0.918. The van der Waals surface area contributed by atoms with E-state index in [9.17, 15) is 0 Å². The molecule has 0 bridgehead atoms. The summed E-state index contributed by atoms with van der Waals surface area (Å²) in [4.78, 5) is 4.16. The topological polar surface area (TPSA) is 52.0 Å². The molecule has 5 nitrogen and oxygen atoms in total. The molecule has 0 spiro atoms. The number of anilines is 1. The van der Waals surface area contributed by atoms with Crippen LogP contribution in [0.1, 0.15) is 18.3 Å². The molecule has 0 aliphatic rings. The molecule has 0 aliphatic heterocycles. The molecule has 2 aromatic heterocycles. The minimum absolute atomic E-state index is 0.612. The highest BCUT2D eigenvalue weighted by atomic mass is 79.9. The molecule has 0 amide bonds. The van der Waals surface area contributed by atoms with Gasteiger partial charge in [0, 0.05) is 13.1 Å². The molecule has 0 fully saturated rings. The van der Waals surface area contributed by atoms with Gasteiger partial charge in [-0.2, -0.15) is 5.10 Å². The summed E-state index contributed by atoms with van der Waals surface area (Å²) in [7, 11) is 3.56. The van der Waals surface area contributed by atoms with Crippen LogP contribution >= 0.6 is 15.9 Å². The van der Waals surface area contributed by atoms with Gasteiger partial charge in [-0.05, 0) is 28.4 Å². The summed E-state index contributed by atoms with van der Waals surface area (Å²) < 4.78 is 8.00. The summed E-state index contributed by atoms with van der Waals surface area (Å²) >= 11 is 3.60. The van der Waals surface area contributed by atoms with Crippen LogP contribution in [0.4, 0.5) is 5.69 Å². The van der Waals surface area contributed by atoms with Crippen LogP contribution in [0, 0.1) is 0 Å². The van der Waals surface area contributed by atoms with Crippen molar-refractivity contribution in [3.05, 3.63) is 34.2 Å². The third kappa shape index (κ3) is 3.07. The summed E-state index contributed by atoms with van der Waals surface area (Å²) in [5.41, 5.74) is 3.15. The van der Waals surface area contributed by atoms with Crippen molar-refractivity contribution in [3.63, 3.8) is 0 Å². The second kappa shape index (κ2) is 6.06. The van der Waals surface area contributed by atoms with Gasteiger partial charge >= 0.3 is 0 Å². The number of pyridine rings is 1. The summed E-state index contributed by atoms with van der Waals surface area (Å²) in [6.07, 6.45) is 2.67. The number of nitrogens with zero attached hydrogens (tertiary/aromatic N) is 3. The average Bonchev–Trinajstić information content (AvgIpc) is 2.72. The fraction of sp³-hybridized carbons (Fsp3) is 0.385. The van der Waals surface area contributed by atoms with Gasteiger partial charge in [-0.1, -0.05) is 6.92 Å². The number of ether oxygens (including phenoxy) is 1. The number of rotatable bonds is 5. The number of aromatic nitrogens is 3. The minimum Gasteiger partial charge on any atom is -0.481 e. The van der Waals surface area contributed by atoms with E-state index in [2.05, 4.69) is 38.3 Å². The van der Waals surface area contributed by atoms with Gasteiger partial charge in [-0.3, -0.25) is 4.68 Å². The molecule has 0 unspecified atom stereocenters. The lowest BCUT2D eigenvalue weighted by Crippen LogP contribution is -2.06. The highest BCUT2D eigenvalue weighted by molar-refractivity contribution is 9.10. The zero-order chi connectivity index (χ0) is 13.8. The van der Waals surface area contributed by atoms with Crippen molar-refractivity contribution in [3.8, 4) is 5.88 Å². The van der Waals surface area contributed by atoms with E-state index in [0.717, 1.165) is 28.0 Å². The molecule has 2 rings (SSSR count). The van der Waals surface area contributed by atoms with Crippen molar-refractivity contribution >= 4 is 21.6 Å². The Morgan fingerprint density at radius 2 is 2.21 bits per heavy atom. The molecule has 19 heavy (non-hydrogen) atoms. The molecule has 2 aromatic rings. The van der Waals surface area contributed by atoms with Gasteiger partial charge in [0.25, 0.3) is 0 Å². The molecule has 2 heterocycles. The van der Waals surface area contributed by atoms with Gasteiger partial charge in [-0.15, -0.1) is 0 Å². The monoisotopic (exact) mass is 324 g/mol. The van der Waals surface area contributed by atoms with Crippen molar-refractivity contribution in [1.82, 2.24) is 14.8 Å². The largest absolute Gasteiger partial charge is 0.481 e. The minimum atomic E-state index is 0.612. The normalized spacial score (nSPS) is 10.5. The number of aryl methyl sites for hydroxylation is 2. The highest BCUT2D eigenvalue weighted by Gasteiger charge is 2.11. The maximum absolute atomic E-state index is 5.03. The number of halogens is 1. The molecule has 102 valence electrons. The zero-order valence-corrected chi connectivity index (χ0v) is 12.9. The molecule has 6 heteroatoms. The summed E-state index contributed by atoms with van der Waals surface area (Å²) in [6.45, 7) is 2.79. The van der Waals surface area contributed by atoms with E-state index in [0.29, 0.717) is 12.4 Å². The molecule has 0 atom stereocenters. The van der Waals surface area contributed by atoms with E-state index in [1.54, 1.807) is 13.3 Å². The smallest absolute Gasteiger partial charge is 0.213 e. The van der Waals surface area contributed by atoms with Crippen molar-refractivity contribution in [2.45, 2.75) is 19.9 Å². The summed E-state index contributed by atoms with van der Waals surface area (Å²) in [5.74, 6) is 0.612. The van der Waals surface area contributed by atoms with E-state index >= 15 is 0 Å². The molecule has 0 radical (unpaired) electrons. The molecular weight excluding hydrogens is 308 g/mol. The van der Waals surface area contributed by atoms with Gasteiger partial charge in [0.1, 0.15) is 0 Å². The lowest BCUT2D eigenvalue weighted by Gasteiger charge is -2.07. The van der Waals surface area contributed by atoms with Crippen LogP contribution in [0.3, 0.4) is 0 Å². The van der Waals surface area contributed by atoms with Crippen molar-refractivity contribution < 1.29 is 4.74 Å². The summed E-state index contributed by atoms with van der Waals surface area (Å²) in [6, 6.07) is 3.77. The molecule has 0 aliphatic carbocycles. The Morgan fingerprint density at radius 1 is 1.42 bits per heavy atom. The third-order valence-corrected chi connectivity index (χ3v) is 3.82. The Morgan fingerprint density at radius 3 is 2.74 bits per heavy atom. The first-order valence-electron chi connectivity index (χ1n) is 6.09.